The average molecular weight is 322 g/mol. The third-order valence-corrected chi connectivity index (χ3v) is 4.29. The number of anilines is 1. The summed E-state index contributed by atoms with van der Waals surface area (Å²) in [4.78, 5) is 12.1. The summed E-state index contributed by atoms with van der Waals surface area (Å²) in [6.45, 7) is 6.89. The Bertz CT molecular complexity index is 639. The van der Waals surface area contributed by atoms with Crippen LogP contribution < -0.4 is 10.6 Å². The zero-order chi connectivity index (χ0) is 16.2. The number of aromatic nitrogens is 2. The number of hydrogen-bond donors (Lipinski definition) is 2. The van der Waals surface area contributed by atoms with Crippen molar-refractivity contribution in [2.75, 3.05) is 5.32 Å². The van der Waals surface area contributed by atoms with Crippen molar-refractivity contribution in [1.82, 2.24) is 15.5 Å². The number of hydrogen-bond acceptors (Lipinski definition) is 5. The second kappa shape index (κ2) is 6.93. The number of amides is 1. The van der Waals surface area contributed by atoms with Crippen LogP contribution >= 0.6 is 11.3 Å². The largest absolute Gasteiger partial charge is 0.320 e. The molecule has 1 aromatic heterocycles. The summed E-state index contributed by atoms with van der Waals surface area (Å²) >= 11 is 1.24. The number of nitrogens with zero attached hydrogens (tertiary/aromatic N) is 2. The van der Waals surface area contributed by atoms with Crippen LogP contribution in [0.25, 0.3) is 0 Å². The van der Waals surface area contributed by atoms with Gasteiger partial charge in [-0.15, -0.1) is 10.2 Å². The Morgan fingerprint density at radius 2 is 1.95 bits per heavy atom. The first-order chi connectivity index (χ1) is 10.4. The first-order valence-corrected chi connectivity index (χ1v) is 7.85. The highest BCUT2D eigenvalue weighted by Crippen LogP contribution is 2.15. The Morgan fingerprint density at radius 1 is 1.27 bits per heavy atom. The normalized spacial score (nSPS) is 11.5. The van der Waals surface area contributed by atoms with Gasteiger partial charge in [0.05, 0.1) is 6.54 Å². The van der Waals surface area contributed by atoms with Crippen LogP contribution in [-0.2, 0) is 6.54 Å². The van der Waals surface area contributed by atoms with Gasteiger partial charge in [-0.05, 0) is 44.5 Å². The molecule has 2 N–H and O–H groups in total. The highest BCUT2D eigenvalue weighted by atomic mass is 32.1. The third kappa shape index (κ3) is 4.57. The summed E-state index contributed by atoms with van der Waals surface area (Å²) in [6, 6.07) is 5.58. The summed E-state index contributed by atoms with van der Waals surface area (Å²) in [5.41, 5.74) is 0.538. The molecule has 2 rings (SSSR count). The molecule has 1 heterocycles. The van der Waals surface area contributed by atoms with E-state index >= 15 is 0 Å². The standard InChI is InChI=1S/C15H19FN4OS/c1-4-15(2,3)17-9-12-19-20-14(22-12)13(21)18-11-7-5-10(16)6-8-11/h5-8,17H,4,9H2,1-3H3,(H,18,21). The molecule has 22 heavy (non-hydrogen) atoms. The molecule has 118 valence electrons. The van der Waals surface area contributed by atoms with Gasteiger partial charge >= 0.3 is 0 Å². The first kappa shape index (κ1) is 16.5. The second-order valence-electron chi connectivity index (χ2n) is 5.55. The van der Waals surface area contributed by atoms with Gasteiger partial charge in [0.1, 0.15) is 10.8 Å². The van der Waals surface area contributed by atoms with E-state index in [0.717, 1.165) is 11.4 Å². The average Bonchev–Trinajstić information content (AvgIpc) is 2.97. The van der Waals surface area contributed by atoms with Gasteiger partial charge < -0.3 is 10.6 Å². The summed E-state index contributed by atoms with van der Waals surface area (Å²) in [6.07, 6.45) is 0.990. The Hall–Kier alpha value is -1.86. The molecule has 0 aliphatic rings. The number of carbonyl (C=O) groups excluding carboxylic acids is 1. The Morgan fingerprint density at radius 3 is 2.59 bits per heavy atom. The van der Waals surface area contributed by atoms with Crippen molar-refractivity contribution in [3.05, 3.63) is 40.1 Å². The van der Waals surface area contributed by atoms with Crippen molar-refractivity contribution in [3.63, 3.8) is 0 Å². The summed E-state index contributed by atoms with van der Waals surface area (Å²) in [7, 11) is 0. The molecule has 0 spiro atoms. The van der Waals surface area contributed by atoms with Crippen LogP contribution in [0.3, 0.4) is 0 Å². The molecule has 0 saturated carbocycles. The summed E-state index contributed by atoms with van der Waals surface area (Å²) in [5, 5.41) is 15.0. The Balaban J connectivity index is 1.95. The number of rotatable bonds is 6. The van der Waals surface area contributed by atoms with E-state index in [1.54, 1.807) is 0 Å². The molecule has 1 aromatic carbocycles. The van der Waals surface area contributed by atoms with Crippen molar-refractivity contribution < 1.29 is 9.18 Å². The van der Waals surface area contributed by atoms with Gasteiger partial charge in [-0.25, -0.2) is 4.39 Å². The monoisotopic (exact) mass is 322 g/mol. The Labute approximate surface area is 133 Å². The van der Waals surface area contributed by atoms with Gasteiger partial charge in [0.15, 0.2) is 0 Å². The van der Waals surface area contributed by atoms with E-state index in [4.69, 9.17) is 0 Å². The molecular formula is C15H19FN4OS. The lowest BCUT2D eigenvalue weighted by atomic mass is 10.0. The molecular weight excluding hydrogens is 303 g/mol. The Kier molecular flexibility index (Phi) is 5.20. The minimum atomic E-state index is -0.346. The molecule has 0 fully saturated rings. The van der Waals surface area contributed by atoms with E-state index < -0.39 is 0 Å². The van der Waals surface area contributed by atoms with Gasteiger partial charge in [0, 0.05) is 11.2 Å². The van der Waals surface area contributed by atoms with E-state index in [0.29, 0.717) is 12.2 Å². The van der Waals surface area contributed by atoms with Gasteiger partial charge in [-0.3, -0.25) is 4.79 Å². The fraction of sp³-hybridized carbons (Fsp3) is 0.400. The van der Waals surface area contributed by atoms with Crippen LogP contribution in [0.5, 0.6) is 0 Å². The van der Waals surface area contributed by atoms with E-state index in [-0.39, 0.29) is 22.3 Å². The highest BCUT2D eigenvalue weighted by Gasteiger charge is 2.17. The summed E-state index contributed by atoms with van der Waals surface area (Å²) in [5.74, 6) is -0.689. The fourth-order valence-corrected chi connectivity index (χ4v) is 2.25. The highest BCUT2D eigenvalue weighted by molar-refractivity contribution is 7.13. The number of nitrogens with one attached hydrogen (secondary N) is 2. The van der Waals surface area contributed by atoms with Crippen molar-refractivity contribution in [2.45, 2.75) is 39.3 Å². The van der Waals surface area contributed by atoms with Gasteiger partial charge in [-0.1, -0.05) is 18.3 Å². The SMILES string of the molecule is CCC(C)(C)NCc1nnc(C(=O)Nc2ccc(F)cc2)s1. The molecule has 0 saturated heterocycles. The maximum atomic E-state index is 12.8. The predicted molar refractivity (Wildman–Crippen MR) is 85.5 cm³/mol. The lowest BCUT2D eigenvalue weighted by Crippen LogP contribution is -2.37. The van der Waals surface area contributed by atoms with E-state index in [1.807, 2.05) is 0 Å². The van der Waals surface area contributed by atoms with Crippen molar-refractivity contribution in [3.8, 4) is 0 Å². The van der Waals surface area contributed by atoms with Gasteiger partial charge in [0.25, 0.3) is 5.91 Å². The zero-order valence-electron chi connectivity index (χ0n) is 12.8. The van der Waals surface area contributed by atoms with Crippen LogP contribution in [0.2, 0.25) is 0 Å². The molecule has 0 unspecified atom stereocenters. The minimum absolute atomic E-state index is 0.0161. The number of benzene rings is 1. The van der Waals surface area contributed by atoms with Crippen LogP contribution in [0.1, 0.15) is 42.0 Å². The molecule has 0 atom stereocenters. The second-order valence-corrected chi connectivity index (χ2v) is 6.62. The fourth-order valence-electron chi connectivity index (χ4n) is 1.57. The van der Waals surface area contributed by atoms with Gasteiger partial charge in [-0.2, -0.15) is 0 Å². The first-order valence-electron chi connectivity index (χ1n) is 7.04. The zero-order valence-corrected chi connectivity index (χ0v) is 13.6. The smallest absolute Gasteiger partial charge is 0.286 e. The molecule has 2 aromatic rings. The predicted octanol–water partition coefficient (Wildman–Crippen LogP) is 3.21. The summed E-state index contributed by atoms with van der Waals surface area (Å²) < 4.78 is 12.8. The minimum Gasteiger partial charge on any atom is -0.320 e. The number of halogens is 1. The van der Waals surface area contributed by atoms with E-state index in [2.05, 4.69) is 41.6 Å². The third-order valence-electron chi connectivity index (χ3n) is 3.37. The molecule has 0 bridgehead atoms. The maximum absolute atomic E-state index is 12.8. The lowest BCUT2D eigenvalue weighted by Gasteiger charge is -2.23. The van der Waals surface area contributed by atoms with Crippen LogP contribution in [0.15, 0.2) is 24.3 Å². The van der Waals surface area contributed by atoms with Crippen LogP contribution in [0.4, 0.5) is 10.1 Å². The van der Waals surface area contributed by atoms with Gasteiger partial charge in [0.2, 0.25) is 5.01 Å². The molecule has 0 aliphatic heterocycles. The van der Waals surface area contributed by atoms with E-state index in [1.165, 1.54) is 35.6 Å². The van der Waals surface area contributed by atoms with Crippen LogP contribution in [0, 0.1) is 5.82 Å². The van der Waals surface area contributed by atoms with Crippen LogP contribution in [-0.4, -0.2) is 21.6 Å². The van der Waals surface area contributed by atoms with Crippen molar-refractivity contribution in [2.24, 2.45) is 0 Å². The molecule has 5 nitrogen and oxygen atoms in total. The maximum Gasteiger partial charge on any atom is 0.286 e. The lowest BCUT2D eigenvalue weighted by molar-refractivity contribution is 0.102. The molecule has 1 amide bonds. The molecule has 7 heteroatoms. The quantitative estimate of drug-likeness (QED) is 0.857. The topological polar surface area (TPSA) is 66.9 Å². The van der Waals surface area contributed by atoms with E-state index in [9.17, 15) is 9.18 Å². The molecule has 0 radical (unpaired) electrons. The number of carbonyl (C=O) groups is 1. The molecule has 0 aliphatic carbocycles. The van der Waals surface area contributed by atoms with Crippen molar-refractivity contribution in [1.29, 1.82) is 0 Å². The van der Waals surface area contributed by atoms with Crippen molar-refractivity contribution >= 4 is 22.9 Å².